The van der Waals surface area contributed by atoms with Crippen molar-refractivity contribution < 1.29 is 9.84 Å². The summed E-state index contributed by atoms with van der Waals surface area (Å²) in [6.45, 7) is 1.01. The SMILES string of the molecule is [N-]=[N+]=NCCCOc1ccc(CO)cc1. The molecule has 1 N–H and O–H groups in total. The van der Waals surface area contributed by atoms with Gasteiger partial charge in [0.15, 0.2) is 0 Å². The average molecular weight is 207 g/mol. The van der Waals surface area contributed by atoms with Crippen molar-refractivity contribution in [2.75, 3.05) is 13.2 Å². The molecule has 0 amide bonds. The molecule has 80 valence electrons. The molecule has 1 aromatic rings. The fourth-order valence-electron chi connectivity index (χ4n) is 1.06. The average Bonchev–Trinajstić information content (AvgIpc) is 2.30. The second-order valence-corrected chi connectivity index (χ2v) is 2.96. The number of aliphatic hydroxyl groups excluding tert-OH is 1. The van der Waals surface area contributed by atoms with Crippen molar-refractivity contribution in [3.63, 3.8) is 0 Å². The smallest absolute Gasteiger partial charge is 0.119 e. The summed E-state index contributed by atoms with van der Waals surface area (Å²) in [5, 5.41) is 12.2. The van der Waals surface area contributed by atoms with Gasteiger partial charge in [-0.3, -0.25) is 0 Å². The Kier molecular flexibility index (Phi) is 5.08. The van der Waals surface area contributed by atoms with Crippen LogP contribution in [0, 0.1) is 0 Å². The van der Waals surface area contributed by atoms with Crippen LogP contribution in [0.2, 0.25) is 0 Å². The quantitative estimate of drug-likeness (QED) is 0.336. The highest BCUT2D eigenvalue weighted by atomic mass is 16.5. The van der Waals surface area contributed by atoms with Gasteiger partial charge in [0, 0.05) is 11.5 Å². The number of ether oxygens (including phenoxy) is 1. The predicted molar refractivity (Wildman–Crippen MR) is 56.5 cm³/mol. The van der Waals surface area contributed by atoms with Gasteiger partial charge in [0.2, 0.25) is 0 Å². The van der Waals surface area contributed by atoms with E-state index in [0.717, 1.165) is 11.3 Å². The summed E-state index contributed by atoms with van der Waals surface area (Å²) in [5.41, 5.74) is 8.89. The zero-order chi connectivity index (χ0) is 10.9. The first-order valence-corrected chi connectivity index (χ1v) is 4.70. The summed E-state index contributed by atoms with van der Waals surface area (Å²) >= 11 is 0. The third kappa shape index (κ3) is 4.35. The summed E-state index contributed by atoms with van der Waals surface area (Å²) in [6.07, 6.45) is 0.700. The Balaban J connectivity index is 2.28. The summed E-state index contributed by atoms with van der Waals surface area (Å²) in [5.74, 6) is 0.758. The van der Waals surface area contributed by atoms with E-state index in [0.29, 0.717) is 19.6 Å². The zero-order valence-corrected chi connectivity index (χ0v) is 8.33. The van der Waals surface area contributed by atoms with Gasteiger partial charge in [-0.1, -0.05) is 17.2 Å². The molecule has 0 unspecified atom stereocenters. The number of hydrogen-bond donors (Lipinski definition) is 1. The molecule has 0 radical (unpaired) electrons. The molecule has 0 atom stereocenters. The van der Waals surface area contributed by atoms with E-state index < -0.39 is 0 Å². The molecule has 0 aliphatic rings. The van der Waals surface area contributed by atoms with E-state index in [9.17, 15) is 0 Å². The van der Waals surface area contributed by atoms with Crippen LogP contribution in [0.5, 0.6) is 5.75 Å². The van der Waals surface area contributed by atoms with Crippen LogP contribution in [0.25, 0.3) is 10.4 Å². The normalized spacial score (nSPS) is 9.40. The van der Waals surface area contributed by atoms with Gasteiger partial charge >= 0.3 is 0 Å². The van der Waals surface area contributed by atoms with Crippen molar-refractivity contribution in [2.24, 2.45) is 5.11 Å². The van der Waals surface area contributed by atoms with Crippen LogP contribution in [0.4, 0.5) is 0 Å². The molecule has 5 nitrogen and oxygen atoms in total. The van der Waals surface area contributed by atoms with Crippen LogP contribution in [0.3, 0.4) is 0 Å². The fourth-order valence-corrected chi connectivity index (χ4v) is 1.06. The molecule has 15 heavy (non-hydrogen) atoms. The lowest BCUT2D eigenvalue weighted by Gasteiger charge is -2.05. The van der Waals surface area contributed by atoms with E-state index in [4.69, 9.17) is 15.4 Å². The second-order valence-electron chi connectivity index (χ2n) is 2.96. The van der Waals surface area contributed by atoms with Crippen molar-refractivity contribution in [1.82, 2.24) is 0 Å². The Labute approximate surface area is 87.9 Å². The van der Waals surface area contributed by atoms with Gasteiger partial charge in [0.25, 0.3) is 0 Å². The third-order valence-electron chi connectivity index (χ3n) is 1.84. The fraction of sp³-hybridized carbons (Fsp3) is 0.400. The van der Waals surface area contributed by atoms with E-state index in [2.05, 4.69) is 10.0 Å². The summed E-state index contributed by atoms with van der Waals surface area (Å²) in [4.78, 5) is 2.64. The van der Waals surface area contributed by atoms with Crippen molar-refractivity contribution in [2.45, 2.75) is 13.0 Å². The van der Waals surface area contributed by atoms with Gasteiger partial charge in [-0.05, 0) is 29.6 Å². The minimum Gasteiger partial charge on any atom is -0.494 e. The highest BCUT2D eigenvalue weighted by molar-refractivity contribution is 5.26. The van der Waals surface area contributed by atoms with Crippen molar-refractivity contribution in [1.29, 1.82) is 0 Å². The number of benzene rings is 1. The lowest BCUT2D eigenvalue weighted by atomic mass is 10.2. The highest BCUT2D eigenvalue weighted by Gasteiger charge is 1.94. The maximum absolute atomic E-state index is 8.81. The molecule has 5 heteroatoms. The van der Waals surface area contributed by atoms with E-state index in [1.54, 1.807) is 12.1 Å². The Morgan fingerprint density at radius 2 is 2.07 bits per heavy atom. The molecular formula is C10H13N3O2. The van der Waals surface area contributed by atoms with Gasteiger partial charge in [-0.25, -0.2) is 0 Å². The maximum Gasteiger partial charge on any atom is 0.119 e. The predicted octanol–water partition coefficient (Wildman–Crippen LogP) is 2.26. The van der Waals surface area contributed by atoms with Gasteiger partial charge in [0.1, 0.15) is 5.75 Å². The molecule has 0 saturated carbocycles. The molecule has 1 rings (SSSR count). The Bertz CT molecular complexity index is 331. The lowest BCUT2D eigenvalue weighted by molar-refractivity contribution is 0.281. The molecule has 0 fully saturated rings. The monoisotopic (exact) mass is 207 g/mol. The zero-order valence-electron chi connectivity index (χ0n) is 8.33. The molecule has 0 saturated heterocycles. The van der Waals surface area contributed by atoms with Crippen LogP contribution in [-0.2, 0) is 6.61 Å². The Hall–Kier alpha value is -1.71. The van der Waals surface area contributed by atoms with Gasteiger partial charge in [-0.15, -0.1) is 0 Å². The van der Waals surface area contributed by atoms with Crippen molar-refractivity contribution in [3.8, 4) is 5.75 Å². The van der Waals surface area contributed by atoms with Crippen LogP contribution in [0.1, 0.15) is 12.0 Å². The number of aliphatic hydroxyl groups is 1. The summed E-state index contributed by atoms with van der Waals surface area (Å²) < 4.78 is 5.39. The second kappa shape index (κ2) is 6.70. The number of rotatable bonds is 6. The van der Waals surface area contributed by atoms with E-state index in [-0.39, 0.29) is 6.61 Å². The van der Waals surface area contributed by atoms with Crippen LogP contribution < -0.4 is 4.74 Å². The maximum atomic E-state index is 8.81. The molecule has 0 spiro atoms. The third-order valence-corrected chi connectivity index (χ3v) is 1.84. The Morgan fingerprint density at radius 1 is 1.33 bits per heavy atom. The van der Waals surface area contributed by atoms with Crippen LogP contribution in [0.15, 0.2) is 29.4 Å². The van der Waals surface area contributed by atoms with Crippen molar-refractivity contribution in [3.05, 3.63) is 40.3 Å². The minimum atomic E-state index is 0.0389. The largest absolute Gasteiger partial charge is 0.494 e. The van der Waals surface area contributed by atoms with Gasteiger partial charge in [0.05, 0.1) is 13.2 Å². The standard InChI is InChI=1S/C10H13N3O2/c11-13-12-6-1-7-15-10-4-2-9(8-14)3-5-10/h2-5,14H,1,6-8H2. The first-order chi connectivity index (χ1) is 7.36. The molecule has 0 aliphatic carbocycles. The molecular weight excluding hydrogens is 194 g/mol. The first kappa shape index (κ1) is 11.4. The Morgan fingerprint density at radius 3 is 2.67 bits per heavy atom. The molecule has 0 heterocycles. The molecule has 1 aromatic carbocycles. The first-order valence-electron chi connectivity index (χ1n) is 4.70. The van der Waals surface area contributed by atoms with E-state index in [1.165, 1.54) is 0 Å². The van der Waals surface area contributed by atoms with Crippen molar-refractivity contribution >= 4 is 0 Å². The summed E-state index contributed by atoms with van der Waals surface area (Å²) in [6, 6.07) is 7.23. The minimum absolute atomic E-state index is 0.0389. The number of nitrogens with zero attached hydrogens (tertiary/aromatic N) is 3. The molecule has 0 aromatic heterocycles. The lowest BCUT2D eigenvalue weighted by Crippen LogP contribution is -1.98. The molecule has 0 aliphatic heterocycles. The number of azide groups is 1. The van der Waals surface area contributed by atoms with Crippen LogP contribution >= 0.6 is 0 Å². The number of hydrogen-bond acceptors (Lipinski definition) is 3. The van der Waals surface area contributed by atoms with Gasteiger partial charge < -0.3 is 9.84 Å². The van der Waals surface area contributed by atoms with Crippen LogP contribution in [-0.4, -0.2) is 18.3 Å². The topological polar surface area (TPSA) is 78.2 Å². The van der Waals surface area contributed by atoms with E-state index >= 15 is 0 Å². The van der Waals surface area contributed by atoms with Gasteiger partial charge in [-0.2, -0.15) is 0 Å². The van der Waals surface area contributed by atoms with E-state index in [1.807, 2.05) is 12.1 Å². The molecule has 0 bridgehead atoms. The summed E-state index contributed by atoms with van der Waals surface area (Å²) in [7, 11) is 0. The highest BCUT2D eigenvalue weighted by Crippen LogP contribution is 2.12.